The number of likely N-dealkylation sites (N-methyl/N-ethyl adjacent to an activating group) is 1. The lowest BCUT2D eigenvalue weighted by Gasteiger charge is -2.48. The Hall–Kier alpha value is -5.67. The van der Waals surface area contributed by atoms with Gasteiger partial charge in [-0.15, -0.1) is 0 Å². The van der Waals surface area contributed by atoms with Crippen molar-refractivity contribution in [3.05, 3.63) is 202 Å². The summed E-state index contributed by atoms with van der Waals surface area (Å²) in [6, 6.07) is 49.2. The molecule has 3 heteroatoms. The maximum atomic E-state index is 2.34. The smallest absolute Gasteiger partial charge is 0.209 e. The second kappa shape index (κ2) is 15.6. The minimum Gasteiger partial charge on any atom is -0.347 e. The molecule has 58 heavy (non-hydrogen) atoms. The van der Waals surface area contributed by atoms with Gasteiger partial charge in [-0.1, -0.05) is 169 Å². The van der Waals surface area contributed by atoms with E-state index >= 15 is 0 Å². The van der Waals surface area contributed by atoms with E-state index in [1.54, 1.807) is 0 Å². The molecule has 2 aliphatic heterocycles. The van der Waals surface area contributed by atoms with Gasteiger partial charge in [0.2, 0.25) is 5.69 Å². The first-order valence-corrected chi connectivity index (χ1v) is 21.0. The topological polar surface area (TPSA) is 6.25 Å². The summed E-state index contributed by atoms with van der Waals surface area (Å²) in [5, 5.41) is 0. The molecule has 0 atom stereocenters. The van der Waals surface area contributed by atoms with E-state index in [0.29, 0.717) is 0 Å². The fourth-order valence-electron chi connectivity index (χ4n) is 10.4. The van der Waals surface area contributed by atoms with E-state index in [0.717, 1.165) is 0 Å². The van der Waals surface area contributed by atoms with Gasteiger partial charge >= 0.3 is 0 Å². The van der Waals surface area contributed by atoms with Gasteiger partial charge in [-0.3, -0.25) is 0 Å². The van der Waals surface area contributed by atoms with Crippen molar-refractivity contribution in [1.29, 1.82) is 0 Å². The Balaban J connectivity index is 0.000000177. The molecule has 6 aromatic rings. The van der Waals surface area contributed by atoms with Crippen LogP contribution in [-0.2, 0) is 10.8 Å². The average molecular weight is 761 g/mol. The molecule has 0 amide bonds. The van der Waals surface area contributed by atoms with E-state index in [4.69, 9.17) is 0 Å². The van der Waals surface area contributed by atoms with Crippen molar-refractivity contribution in [1.82, 2.24) is 0 Å². The predicted molar refractivity (Wildman–Crippen MR) is 254 cm³/mol. The van der Waals surface area contributed by atoms with Crippen LogP contribution in [0.1, 0.15) is 72.2 Å². The fourth-order valence-corrected chi connectivity index (χ4v) is 10.4. The van der Waals surface area contributed by atoms with Crippen molar-refractivity contribution in [2.75, 3.05) is 19.0 Å². The maximum Gasteiger partial charge on any atom is 0.209 e. The summed E-state index contributed by atoms with van der Waals surface area (Å²) in [5.41, 5.74) is 21.7. The van der Waals surface area contributed by atoms with E-state index < -0.39 is 6.15 Å². The average Bonchev–Trinajstić information content (AvgIpc) is 3.50. The summed E-state index contributed by atoms with van der Waals surface area (Å²) in [7, 11) is 4.36. The highest BCUT2D eigenvalue weighted by molar-refractivity contribution is 7.20. The molecule has 0 bridgehead atoms. The number of benzene rings is 6. The van der Waals surface area contributed by atoms with E-state index in [1.165, 1.54) is 89.1 Å². The van der Waals surface area contributed by atoms with E-state index in [-0.39, 0.29) is 10.8 Å². The number of fused-ring (bicyclic) bond motifs is 2. The van der Waals surface area contributed by atoms with Crippen LogP contribution in [0, 0.1) is 41.5 Å². The number of allylic oxidation sites excluding steroid dienone is 4. The molecule has 0 fully saturated rings. The zero-order valence-corrected chi connectivity index (χ0v) is 36.9. The summed E-state index contributed by atoms with van der Waals surface area (Å²) in [5.74, 6) is 0. The van der Waals surface area contributed by atoms with Gasteiger partial charge in [-0.05, 0) is 79.2 Å². The standard InChI is InChI=1S/C28H28B.C27H33N2/c1-21-13-5-9-17-25(21)29(26-18-10-6-14-22(26)2,27-19-11-7-15-23(27)3)28-20-12-8-16-24(28)4;1-18-12-14-22-20(16-18)26(3,4)24(28(22)7)10-9-11-25-27(5,6)21-17-19(2)13-15-23(21)29(25)8/h5-20H,1-4H3;9-17H,1-8H3/q-1;+1. The number of aryl methyl sites for hydroxylation is 6. The number of hydrogen-bond acceptors (Lipinski definition) is 1. The molecule has 294 valence electrons. The molecule has 0 N–H and O–H groups in total. The molecule has 0 saturated heterocycles. The second-order valence-corrected chi connectivity index (χ2v) is 18.0. The molecule has 2 nitrogen and oxygen atoms in total. The maximum absolute atomic E-state index is 2.34. The fraction of sp³-hybridized carbons (Fsp3) is 0.255. The van der Waals surface area contributed by atoms with Crippen molar-refractivity contribution >= 4 is 45.1 Å². The molecule has 0 spiro atoms. The van der Waals surface area contributed by atoms with Crippen molar-refractivity contribution in [3.63, 3.8) is 0 Å². The number of anilines is 1. The molecular formula is C55H61BN2. The molecule has 2 heterocycles. The lowest BCUT2D eigenvalue weighted by molar-refractivity contribution is -0.401. The van der Waals surface area contributed by atoms with Gasteiger partial charge < -0.3 is 4.90 Å². The third-order valence-electron chi connectivity index (χ3n) is 13.5. The van der Waals surface area contributed by atoms with Crippen LogP contribution in [0.4, 0.5) is 11.4 Å². The Morgan fingerprint density at radius 2 is 0.931 bits per heavy atom. The van der Waals surface area contributed by atoms with Gasteiger partial charge in [0.05, 0.1) is 5.41 Å². The highest BCUT2D eigenvalue weighted by Crippen LogP contribution is 2.47. The van der Waals surface area contributed by atoms with Crippen molar-refractivity contribution in [3.8, 4) is 0 Å². The quantitative estimate of drug-likeness (QED) is 0.121. The number of hydrogen-bond donors (Lipinski definition) is 0. The highest BCUT2D eigenvalue weighted by atomic mass is 15.2. The third kappa shape index (κ3) is 6.79. The molecule has 0 aromatic heterocycles. The van der Waals surface area contributed by atoms with Crippen molar-refractivity contribution in [2.45, 2.75) is 80.1 Å². The van der Waals surface area contributed by atoms with Gasteiger partial charge in [0.15, 0.2) is 5.71 Å². The highest BCUT2D eigenvalue weighted by Gasteiger charge is 2.43. The molecule has 6 aromatic carbocycles. The lowest BCUT2D eigenvalue weighted by Crippen LogP contribution is -2.76. The predicted octanol–water partition coefficient (Wildman–Crippen LogP) is 10.5. The van der Waals surface area contributed by atoms with Crippen LogP contribution in [0.15, 0.2) is 157 Å². The summed E-state index contributed by atoms with van der Waals surface area (Å²) < 4.78 is 2.34. The summed E-state index contributed by atoms with van der Waals surface area (Å²) in [4.78, 5) is 2.34. The number of rotatable bonds is 6. The molecule has 2 aliphatic rings. The van der Waals surface area contributed by atoms with Gasteiger partial charge in [0.25, 0.3) is 0 Å². The molecular weight excluding hydrogens is 699 g/mol. The van der Waals surface area contributed by atoms with Crippen LogP contribution in [-0.4, -0.2) is 30.5 Å². The molecule has 0 unspecified atom stereocenters. The SMILES string of the molecule is Cc1ccc2c(c1)C(C)(C)C(/C=C/C=C1/N(C)c3ccc(C)cc3C1(C)C)=[N+]2C.Cc1ccccc1[B-](c1ccccc1C)(c1ccccc1C)c1ccccc1C. The van der Waals surface area contributed by atoms with Crippen LogP contribution in [0.2, 0.25) is 0 Å². The Bertz CT molecular complexity index is 2430. The Kier molecular flexibility index (Phi) is 10.9. The summed E-state index contributed by atoms with van der Waals surface area (Å²) in [6.07, 6.45) is 5.50. The zero-order chi connectivity index (χ0) is 41.6. The van der Waals surface area contributed by atoms with Crippen molar-refractivity contribution in [2.24, 2.45) is 0 Å². The van der Waals surface area contributed by atoms with E-state index in [2.05, 4.69) is 244 Å². The minimum absolute atomic E-state index is 0.00226. The van der Waals surface area contributed by atoms with Crippen LogP contribution >= 0.6 is 0 Å². The number of nitrogens with zero attached hydrogens (tertiary/aromatic N) is 2. The van der Waals surface area contributed by atoms with Gasteiger partial charge in [-0.25, -0.2) is 0 Å². The summed E-state index contributed by atoms with van der Waals surface area (Å²) in [6.45, 7) is 22.6. The van der Waals surface area contributed by atoms with Crippen molar-refractivity contribution < 1.29 is 4.58 Å². The molecule has 0 saturated carbocycles. The van der Waals surface area contributed by atoms with Crippen LogP contribution in [0.25, 0.3) is 0 Å². The van der Waals surface area contributed by atoms with Gasteiger partial charge in [-0.2, -0.15) is 26.4 Å². The molecule has 8 rings (SSSR count). The normalized spacial score (nSPS) is 16.1. The Morgan fingerprint density at radius 3 is 1.38 bits per heavy atom. The largest absolute Gasteiger partial charge is 0.347 e. The van der Waals surface area contributed by atoms with Gasteiger partial charge in [0, 0.05) is 41.6 Å². The Morgan fingerprint density at radius 1 is 0.517 bits per heavy atom. The lowest BCUT2D eigenvalue weighted by atomic mass is 9.11. The molecule has 0 aliphatic carbocycles. The van der Waals surface area contributed by atoms with Crippen LogP contribution in [0.5, 0.6) is 0 Å². The Labute approximate surface area is 349 Å². The van der Waals surface area contributed by atoms with E-state index in [9.17, 15) is 0 Å². The van der Waals surface area contributed by atoms with E-state index in [1.807, 2.05) is 0 Å². The first-order chi connectivity index (χ1) is 27.6. The minimum atomic E-state index is -1.32. The monoisotopic (exact) mass is 760 g/mol. The second-order valence-electron chi connectivity index (χ2n) is 18.0. The van der Waals surface area contributed by atoms with Crippen LogP contribution in [0.3, 0.4) is 0 Å². The zero-order valence-electron chi connectivity index (χ0n) is 36.9. The third-order valence-corrected chi connectivity index (χ3v) is 13.5. The van der Waals surface area contributed by atoms with Gasteiger partial charge in [0.1, 0.15) is 13.2 Å². The first-order valence-electron chi connectivity index (χ1n) is 21.0. The first kappa shape index (κ1) is 40.5. The van der Waals surface area contributed by atoms with Crippen LogP contribution < -0.4 is 26.8 Å². The molecule has 0 radical (unpaired) electrons. The summed E-state index contributed by atoms with van der Waals surface area (Å²) >= 11 is 0.